The van der Waals surface area contributed by atoms with Crippen LogP contribution in [-0.4, -0.2) is 60.2 Å². The highest BCUT2D eigenvalue weighted by Gasteiger charge is 2.13. The SMILES string of the molecule is O=C(Nc1cc(Cl)ccc1Cl)c1ccnc(NCCN2CCOCC2)n1. The molecule has 1 saturated heterocycles. The van der Waals surface area contributed by atoms with Crippen molar-refractivity contribution in [3.8, 4) is 0 Å². The van der Waals surface area contributed by atoms with Crippen LogP contribution in [-0.2, 0) is 4.74 Å². The third kappa shape index (κ3) is 5.28. The molecule has 3 rings (SSSR count). The zero-order valence-electron chi connectivity index (χ0n) is 14.0. The maximum atomic E-state index is 12.4. The molecule has 0 aliphatic carbocycles. The number of halogens is 2. The zero-order chi connectivity index (χ0) is 18.4. The van der Waals surface area contributed by atoms with Crippen LogP contribution < -0.4 is 10.6 Å². The predicted octanol–water partition coefficient (Wildman–Crippen LogP) is 2.78. The fraction of sp³-hybridized carbons (Fsp3) is 0.353. The molecule has 0 spiro atoms. The van der Waals surface area contributed by atoms with Crippen LogP contribution in [0.2, 0.25) is 10.0 Å². The van der Waals surface area contributed by atoms with E-state index in [4.69, 9.17) is 27.9 Å². The van der Waals surface area contributed by atoms with Crippen molar-refractivity contribution in [1.29, 1.82) is 0 Å². The number of nitrogens with one attached hydrogen (secondary N) is 2. The second-order valence-corrected chi connectivity index (χ2v) is 6.57. The minimum atomic E-state index is -0.382. The van der Waals surface area contributed by atoms with Crippen LogP contribution in [0, 0.1) is 0 Å². The van der Waals surface area contributed by atoms with Crippen molar-refractivity contribution in [2.75, 3.05) is 50.0 Å². The summed E-state index contributed by atoms with van der Waals surface area (Å²) in [6.45, 7) is 4.92. The van der Waals surface area contributed by atoms with Gasteiger partial charge in [-0.15, -0.1) is 0 Å². The number of hydrogen-bond donors (Lipinski definition) is 2. The molecule has 1 aromatic heterocycles. The lowest BCUT2D eigenvalue weighted by atomic mass is 10.3. The summed E-state index contributed by atoms with van der Waals surface area (Å²) in [6.07, 6.45) is 1.54. The number of benzene rings is 1. The first-order chi connectivity index (χ1) is 12.6. The Labute approximate surface area is 161 Å². The molecule has 1 aliphatic rings. The van der Waals surface area contributed by atoms with Crippen LogP contribution in [0.25, 0.3) is 0 Å². The second-order valence-electron chi connectivity index (χ2n) is 5.72. The lowest BCUT2D eigenvalue weighted by Crippen LogP contribution is -2.39. The first kappa shape index (κ1) is 18.8. The van der Waals surface area contributed by atoms with Crippen LogP contribution in [0.1, 0.15) is 10.5 Å². The third-order valence-electron chi connectivity index (χ3n) is 3.88. The number of rotatable bonds is 6. The number of carbonyl (C=O) groups excluding carboxylic acids is 1. The molecule has 26 heavy (non-hydrogen) atoms. The van der Waals surface area contributed by atoms with Crippen molar-refractivity contribution < 1.29 is 9.53 Å². The van der Waals surface area contributed by atoms with Gasteiger partial charge in [0.2, 0.25) is 5.95 Å². The van der Waals surface area contributed by atoms with Crippen LogP contribution in [0.4, 0.5) is 11.6 Å². The van der Waals surface area contributed by atoms with E-state index in [9.17, 15) is 4.79 Å². The predicted molar refractivity (Wildman–Crippen MR) is 102 cm³/mol. The van der Waals surface area contributed by atoms with Crippen LogP contribution in [0.15, 0.2) is 30.5 Å². The molecule has 9 heteroatoms. The quantitative estimate of drug-likeness (QED) is 0.782. The number of amides is 1. The Morgan fingerprint density at radius 1 is 1.23 bits per heavy atom. The van der Waals surface area contributed by atoms with Gasteiger partial charge in [0.1, 0.15) is 5.69 Å². The normalized spacial score (nSPS) is 14.8. The first-order valence-corrected chi connectivity index (χ1v) is 9.01. The molecule has 0 unspecified atom stereocenters. The molecule has 7 nitrogen and oxygen atoms in total. The van der Waals surface area contributed by atoms with Crippen molar-refractivity contribution in [2.24, 2.45) is 0 Å². The number of ether oxygens (including phenoxy) is 1. The summed E-state index contributed by atoms with van der Waals surface area (Å²) < 4.78 is 5.32. The van der Waals surface area contributed by atoms with Gasteiger partial charge in [-0.3, -0.25) is 9.69 Å². The van der Waals surface area contributed by atoms with Crippen molar-refractivity contribution in [1.82, 2.24) is 14.9 Å². The average Bonchev–Trinajstić information content (AvgIpc) is 2.66. The van der Waals surface area contributed by atoms with Gasteiger partial charge in [-0.1, -0.05) is 23.2 Å². The van der Waals surface area contributed by atoms with Crippen LogP contribution >= 0.6 is 23.2 Å². The van der Waals surface area contributed by atoms with Gasteiger partial charge < -0.3 is 15.4 Å². The van der Waals surface area contributed by atoms with Gasteiger partial charge in [-0.25, -0.2) is 9.97 Å². The molecule has 0 bridgehead atoms. The van der Waals surface area contributed by atoms with Gasteiger partial charge >= 0.3 is 0 Å². The monoisotopic (exact) mass is 395 g/mol. The highest BCUT2D eigenvalue weighted by molar-refractivity contribution is 6.35. The van der Waals surface area contributed by atoms with E-state index in [-0.39, 0.29) is 11.6 Å². The third-order valence-corrected chi connectivity index (χ3v) is 4.44. The molecule has 1 aliphatic heterocycles. The van der Waals surface area contributed by atoms with Gasteiger partial charge in [0.25, 0.3) is 5.91 Å². The zero-order valence-corrected chi connectivity index (χ0v) is 15.6. The van der Waals surface area contributed by atoms with E-state index >= 15 is 0 Å². The summed E-state index contributed by atoms with van der Waals surface area (Å²) in [5.41, 5.74) is 0.675. The summed E-state index contributed by atoms with van der Waals surface area (Å²) in [7, 11) is 0. The topological polar surface area (TPSA) is 79.4 Å². The molecule has 2 aromatic rings. The summed E-state index contributed by atoms with van der Waals surface area (Å²) in [6, 6.07) is 6.41. The Balaban J connectivity index is 1.57. The van der Waals surface area contributed by atoms with Gasteiger partial charge in [-0.2, -0.15) is 0 Å². The Kier molecular flexibility index (Phi) is 6.62. The summed E-state index contributed by atoms with van der Waals surface area (Å²) in [5, 5.41) is 6.73. The van der Waals surface area contributed by atoms with E-state index in [1.807, 2.05) is 0 Å². The highest BCUT2D eigenvalue weighted by Crippen LogP contribution is 2.25. The lowest BCUT2D eigenvalue weighted by molar-refractivity contribution is 0.0398. The molecule has 2 heterocycles. The largest absolute Gasteiger partial charge is 0.379 e. The molecule has 1 aromatic carbocycles. The molecule has 0 atom stereocenters. The molecular weight excluding hydrogens is 377 g/mol. The summed E-state index contributed by atoms with van der Waals surface area (Å²) in [4.78, 5) is 23.1. The van der Waals surface area contributed by atoms with Gasteiger partial charge in [0.15, 0.2) is 0 Å². The van der Waals surface area contributed by atoms with E-state index in [0.717, 1.165) is 32.8 Å². The van der Waals surface area contributed by atoms with Crippen LogP contribution in [0.5, 0.6) is 0 Å². The van der Waals surface area contributed by atoms with E-state index in [2.05, 4.69) is 25.5 Å². The molecular formula is C17H19Cl2N5O2. The molecule has 138 valence electrons. The van der Waals surface area contributed by atoms with E-state index in [1.54, 1.807) is 30.5 Å². The summed E-state index contributed by atoms with van der Waals surface area (Å²) >= 11 is 12.0. The molecule has 1 fully saturated rings. The number of morpholine rings is 1. The minimum absolute atomic E-state index is 0.241. The smallest absolute Gasteiger partial charge is 0.274 e. The second kappa shape index (κ2) is 9.14. The highest BCUT2D eigenvalue weighted by atomic mass is 35.5. The van der Waals surface area contributed by atoms with Gasteiger partial charge in [0, 0.05) is 37.4 Å². The number of hydrogen-bond acceptors (Lipinski definition) is 6. The van der Waals surface area contributed by atoms with Crippen molar-refractivity contribution in [2.45, 2.75) is 0 Å². The number of anilines is 2. The Morgan fingerprint density at radius 3 is 2.85 bits per heavy atom. The van der Waals surface area contributed by atoms with Crippen LogP contribution in [0.3, 0.4) is 0 Å². The fourth-order valence-electron chi connectivity index (χ4n) is 2.50. The Hall–Kier alpha value is -1.93. The minimum Gasteiger partial charge on any atom is -0.379 e. The number of carbonyl (C=O) groups is 1. The van der Waals surface area contributed by atoms with E-state index in [1.165, 1.54) is 0 Å². The van der Waals surface area contributed by atoms with Crippen molar-refractivity contribution in [3.05, 3.63) is 46.2 Å². The maximum absolute atomic E-state index is 12.4. The number of nitrogens with zero attached hydrogens (tertiary/aromatic N) is 3. The molecule has 1 amide bonds. The van der Waals surface area contributed by atoms with Gasteiger partial charge in [0.05, 0.1) is 23.9 Å². The number of aromatic nitrogens is 2. The average molecular weight is 396 g/mol. The first-order valence-electron chi connectivity index (χ1n) is 8.25. The Bertz CT molecular complexity index is 769. The standard InChI is InChI=1S/C17H19Cl2N5O2/c18-12-1-2-13(19)15(11-12)22-16(25)14-3-4-20-17(23-14)21-5-6-24-7-9-26-10-8-24/h1-4,11H,5-10H2,(H,22,25)(H,20,21,23). The van der Waals surface area contributed by atoms with Gasteiger partial charge in [-0.05, 0) is 24.3 Å². The van der Waals surface area contributed by atoms with Crippen molar-refractivity contribution in [3.63, 3.8) is 0 Å². The summed E-state index contributed by atoms with van der Waals surface area (Å²) in [5.74, 6) is 0.0240. The van der Waals surface area contributed by atoms with E-state index < -0.39 is 0 Å². The lowest BCUT2D eigenvalue weighted by Gasteiger charge is -2.26. The molecule has 0 radical (unpaired) electrons. The molecule has 2 N–H and O–H groups in total. The molecule has 0 saturated carbocycles. The maximum Gasteiger partial charge on any atom is 0.274 e. The Morgan fingerprint density at radius 2 is 2.04 bits per heavy atom. The van der Waals surface area contributed by atoms with Crippen molar-refractivity contribution >= 4 is 40.7 Å². The van der Waals surface area contributed by atoms with E-state index in [0.29, 0.717) is 28.2 Å². The fourth-order valence-corrected chi connectivity index (χ4v) is 2.84.